The Bertz CT molecular complexity index is 441. The summed E-state index contributed by atoms with van der Waals surface area (Å²) in [6.45, 7) is 9.27. The van der Waals surface area contributed by atoms with Gasteiger partial charge in [-0.25, -0.2) is 0 Å². The van der Waals surface area contributed by atoms with Crippen molar-refractivity contribution in [3.63, 3.8) is 0 Å². The SMILES string of the molecule is CCNCC1CCC(C)(C)CC1Cc1ccccc1OC. The number of hydrogen-bond acceptors (Lipinski definition) is 2. The average molecular weight is 289 g/mol. The van der Waals surface area contributed by atoms with Crippen molar-refractivity contribution in [2.45, 2.75) is 46.5 Å². The lowest BCUT2D eigenvalue weighted by Gasteiger charge is -2.41. The summed E-state index contributed by atoms with van der Waals surface area (Å²) in [5.74, 6) is 2.59. The van der Waals surface area contributed by atoms with E-state index in [4.69, 9.17) is 4.74 Å². The summed E-state index contributed by atoms with van der Waals surface area (Å²) < 4.78 is 5.54. The summed E-state index contributed by atoms with van der Waals surface area (Å²) in [7, 11) is 1.78. The van der Waals surface area contributed by atoms with E-state index in [1.54, 1.807) is 7.11 Å². The van der Waals surface area contributed by atoms with Crippen LogP contribution in [0.4, 0.5) is 0 Å². The van der Waals surface area contributed by atoms with Gasteiger partial charge in [0, 0.05) is 0 Å². The van der Waals surface area contributed by atoms with E-state index in [1.165, 1.54) is 24.8 Å². The quantitative estimate of drug-likeness (QED) is 0.843. The Kier molecular flexibility index (Phi) is 5.69. The van der Waals surface area contributed by atoms with Gasteiger partial charge in [0.1, 0.15) is 5.75 Å². The molecule has 21 heavy (non-hydrogen) atoms. The zero-order chi connectivity index (χ0) is 15.3. The molecular weight excluding hydrogens is 258 g/mol. The minimum atomic E-state index is 0.482. The molecule has 0 bridgehead atoms. The highest BCUT2D eigenvalue weighted by Gasteiger charge is 2.34. The molecule has 2 rings (SSSR count). The lowest BCUT2D eigenvalue weighted by molar-refractivity contribution is 0.116. The second-order valence-electron chi connectivity index (χ2n) is 7.25. The van der Waals surface area contributed by atoms with Gasteiger partial charge in [0.15, 0.2) is 0 Å². The molecule has 2 unspecified atom stereocenters. The van der Waals surface area contributed by atoms with Crippen molar-refractivity contribution in [3.05, 3.63) is 29.8 Å². The molecule has 2 nitrogen and oxygen atoms in total. The van der Waals surface area contributed by atoms with Gasteiger partial charge in [0.25, 0.3) is 0 Å². The van der Waals surface area contributed by atoms with Crippen LogP contribution >= 0.6 is 0 Å². The van der Waals surface area contributed by atoms with Crippen molar-refractivity contribution >= 4 is 0 Å². The second kappa shape index (κ2) is 7.31. The van der Waals surface area contributed by atoms with Crippen LogP contribution in [0.3, 0.4) is 0 Å². The van der Waals surface area contributed by atoms with Crippen LogP contribution in [0.1, 0.15) is 45.6 Å². The number of rotatable bonds is 6. The van der Waals surface area contributed by atoms with Crippen LogP contribution in [0.5, 0.6) is 5.75 Å². The molecule has 0 spiro atoms. The Hall–Kier alpha value is -1.02. The normalized spacial score (nSPS) is 24.8. The summed E-state index contributed by atoms with van der Waals surface area (Å²) in [4.78, 5) is 0. The third-order valence-corrected chi connectivity index (χ3v) is 5.00. The van der Waals surface area contributed by atoms with Crippen molar-refractivity contribution in [1.82, 2.24) is 5.32 Å². The molecular formula is C19H31NO. The molecule has 0 radical (unpaired) electrons. The van der Waals surface area contributed by atoms with Crippen LogP contribution in [0.2, 0.25) is 0 Å². The topological polar surface area (TPSA) is 21.3 Å². The van der Waals surface area contributed by atoms with Gasteiger partial charge in [-0.05, 0) is 67.7 Å². The largest absolute Gasteiger partial charge is 0.496 e. The fourth-order valence-electron chi connectivity index (χ4n) is 3.78. The molecule has 1 saturated carbocycles. The van der Waals surface area contributed by atoms with E-state index < -0.39 is 0 Å². The monoisotopic (exact) mass is 289 g/mol. The third-order valence-electron chi connectivity index (χ3n) is 5.00. The van der Waals surface area contributed by atoms with Crippen LogP contribution in [-0.4, -0.2) is 20.2 Å². The minimum absolute atomic E-state index is 0.482. The first kappa shape index (κ1) is 16.4. The van der Waals surface area contributed by atoms with Crippen LogP contribution in [0, 0.1) is 17.3 Å². The summed E-state index contributed by atoms with van der Waals surface area (Å²) in [5.41, 5.74) is 1.85. The maximum Gasteiger partial charge on any atom is 0.122 e. The van der Waals surface area contributed by atoms with Crippen molar-refractivity contribution in [3.8, 4) is 5.75 Å². The van der Waals surface area contributed by atoms with E-state index in [1.807, 2.05) is 0 Å². The molecule has 1 aromatic carbocycles. The van der Waals surface area contributed by atoms with E-state index in [0.717, 1.165) is 37.1 Å². The number of hydrogen-bond donors (Lipinski definition) is 1. The lowest BCUT2D eigenvalue weighted by Crippen LogP contribution is -2.37. The van der Waals surface area contributed by atoms with Crippen LogP contribution in [0.25, 0.3) is 0 Å². The number of benzene rings is 1. The van der Waals surface area contributed by atoms with Crippen molar-refractivity contribution in [2.24, 2.45) is 17.3 Å². The standard InChI is InChI=1S/C19H31NO/c1-5-20-14-16-10-11-19(2,3)13-17(16)12-15-8-6-7-9-18(15)21-4/h6-9,16-17,20H,5,10-14H2,1-4H3. The summed E-state index contributed by atoms with van der Waals surface area (Å²) in [6.07, 6.45) is 5.16. The first-order valence-corrected chi connectivity index (χ1v) is 8.38. The predicted molar refractivity (Wildman–Crippen MR) is 89.9 cm³/mol. The highest BCUT2D eigenvalue weighted by atomic mass is 16.5. The van der Waals surface area contributed by atoms with Crippen molar-refractivity contribution in [2.75, 3.05) is 20.2 Å². The van der Waals surface area contributed by atoms with Gasteiger partial charge in [-0.1, -0.05) is 39.0 Å². The van der Waals surface area contributed by atoms with Gasteiger partial charge in [0.2, 0.25) is 0 Å². The number of para-hydroxylation sites is 1. The van der Waals surface area contributed by atoms with E-state index in [2.05, 4.69) is 50.4 Å². The van der Waals surface area contributed by atoms with Gasteiger partial charge in [-0.2, -0.15) is 0 Å². The molecule has 0 heterocycles. The van der Waals surface area contributed by atoms with Gasteiger partial charge < -0.3 is 10.1 Å². The molecule has 1 aromatic rings. The fourth-order valence-corrected chi connectivity index (χ4v) is 3.78. The first-order chi connectivity index (χ1) is 10.1. The van der Waals surface area contributed by atoms with Crippen LogP contribution < -0.4 is 10.1 Å². The maximum absolute atomic E-state index is 5.54. The molecule has 0 aromatic heterocycles. The minimum Gasteiger partial charge on any atom is -0.496 e. The number of nitrogens with one attached hydrogen (secondary N) is 1. The lowest BCUT2D eigenvalue weighted by atomic mass is 9.65. The zero-order valence-corrected chi connectivity index (χ0v) is 14.1. The summed E-state index contributed by atoms with van der Waals surface area (Å²) in [6, 6.07) is 8.50. The van der Waals surface area contributed by atoms with Gasteiger partial charge >= 0.3 is 0 Å². The molecule has 1 N–H and O–H groups in total. The van der Waals surface area contributed by atoms with Crippen molar-refractivity contribution in [1.29, 1.82) is 0 Å². The Morgan fingerprint density at radius 3 is 2.71 bits per heavy atom. The number of ether oxygens (including phenoxy) is 1. The Balaban J connectivity index is 2.11. The Labute approximate surface area is 130 Å². The van der Waals surface area contributed by atoms with E-state index in [9.17, 15) is 0 Å². The molecule has 0 aliphatic heterocycles. The first-order valence-electron chi connectivity index (χ1n) is 8.38. The average Bonchev–Trinajstić information content (AvgIpc) is 2.46. The highest BCUT2D eigenvalue weighted by molar-refractivity contribution is 5.33. The summed E-state index contributed by atoms with van der Waals surface area (Å²) >= 11 is 0. The second-order valence-corrected chi connectivity index (χ2v) is 7.25. The van der Waals surface area contributed by atoms with E-state index in [-0.39, 0.29) is 0 Å². The van der Waals surface area contributed by atoms with Crippen LogP contribution in [0.15, 0.2) is 24.3 Å². The number of methoxy groups -OCH3 is 1. The molecule has 2 heteroatoms. The molecule has 118 valence electrons. The van der Waals surface area contributed by atoms with E-state index >= 15 is 0 Å². The van der Waals surface area contributed by atoms with E-state index in [0.29, 0.717) is 5.41 Å². The zero-order valence-electron chi connectivity index (χ0n) is 14.1. The Morgan fingerprint density at radius 1 is 1.24 bits per heavy atom. The van der Waals surface area contributed by atoms with Crippen molar-refractivity contribution < 1.29 is 4.74 Å². The van der Waals surface area contributed by atoms with Gasteiger partial charge in [0.05, 0.1) is 7.11 Å². The molecule has 1 aliphatic rings. The smallest absolute Gasteiger partial charge is 0.122 e. The van der Waals surface area contributed by atoms with Gasteiger partial charge in [-0.15, -0.1) is 0 Å². The molecule has 0 amide bonds. The summed E-state index contributed by atoms with van der Waals surface area (Å²) in [5, 5.41) is 3.56. The predicted octanol–water partition coefficient (Wildman–Crippen LogP) is 4.29. The molecule has 1 fully saturated rings. The van der Waals surface area contributed by atoms with Crippen LogP contribution in [-0.2, 0) is 6.42 Å². The maximum atomic E-state index is 5.54. The fraction of sp³-hybridized carbons (Fsp3) is 0.684. The van der Waals surface area contributed by atoms with Gasteiger partial charge in [-0.3, -0.25) is 0 Å². The molecule has 1 aliphatic carbocycles. The molecule has 2 atom stereocenters. The Morgan fingerprint density at radius 2 is 2.00 bits per heavy atom. The highest BCUT2D eigenvalue weighted by Crippen LogP contribution is 2.43. The molecule has 0 saturated heterocycles. The third kappa shape index (κ3) is 4.47.